The molecule has 0 N–H and O–H groups in total. The Morgan fingerprint density at radius 1 is 0.692 bits per heavy atom. The first-order chi connectivity index (χ1) is 12.9. The van der Waals surface area contributed by atoms with Crippen molar-refractivity contribution in [1.29, 1.82) is 0 Å². The van der Waals surface area contributed by atoms with E-state index in [0.717, 1.165) is 17.9 Å². The van der Waals surface area contributed by atoms with Crippen LogP contribution in [-0.4, -0.2) is 14.8 Å². The second-order valence-corrected chi connectivity index (χ2v) is 6.41. The number of hydrogen-bond donors (Lipinski definition) is 0. The van der Waals surface area contributed by atoms with Crippen LogP contribution in [0.1, 0.15) is 5.56 Å². The molecule has 5 rings (SSSR count). The van der Waals surface area contributed by atoms with Crippen LogP contribution in [0.2, 0.25) is 0 Å². The molecule has 0 unspecified atom stereocenters. The predicted octanol–water partition coefficient (Wildman–Crippen LogP) is 5.30. The molecule has 2 aromatic heterocycles. The van der Waals surface area contributed by atoms with Crippen LogP contribution in [0.15, 0.2) is 91.3 Å². The minimum Gasteiger partial charge on any atom is -0.268 e. The van der Waals surface area contributed by atoms with E-state index in [9.17, 15) is 0 Å². The van der Waals surface area contributed by atoms with E-state index in [0.29, 0.717) is 0 Å². The maximum Gasteiger partial charge on any atom is 0.111 e. The number of pyridine rings is 1. The Kier molecular flexibility index (Phi) is 3.49. The molecule has 3 nitrogen and oxygen atoms in total. The van der Waals surface area contributed by atoms with Crippen molar-refractivity contribution in [3.8, 4) is 11.4 Å². The van der Waals surface area contributed by atoms with Crippen molar-refractivity contribution in [3.05, 3.63) is 96.8 Å². The number of aromatic nitrogens is 3. The van der Waals surface area contributed by atoms with E-state index in [4.69, 9.17) is 5.10 Å². The van der Waals surface area contributed by atoms with Crippen LogP contribution in [-0.2, 0) is 6.54 Å². The molecule has 0 atom stereocenters. The summed E-state index contributed by atoms with van der Waals surface area (Å²) in [4.78, 5) is 4.39. The van der Waals surface area contributed by atoms with Crippen molar-refractivity contribution in [2.75, 3.05) is 0 Å². The summed E-state index contributed by atoms with van der Waals surface area (Å²) < 4.78 is 2.00. The lowest BCUT2D eigenvalue weighted by atomic mass is 9.97. The lowest BCUT2D eigenvalue weighted by molar-refractivity contribution is 0.695. The zero-order valence-electron chi connectivity index (χ0n) is 14.2. The summed E-state index contributed by atoms with van der Waals surface area (Å²) in [5, 5.41) is 9.83. The second-order valence-electron chi connectivity index (χ2n) is 6.41. The minimum atomic E-state index is 0.731. The van der Waals surface area contributed by atoms with E-state index < -0.39 is 0 Å². The molecule has 26 heavy (non-hydrogen) atoms. The van der Waals surface area contributed by atoms with Gasteiger partial charge in [-0.15, -0.1) is 0 Å². The van der Waals surface area contributed by atoms with Crippen LogP contribution in [0.3, 0.4) is 0 Å². The molecule has 0 saturated heterocycles. The van der Waals surface area contributed by atoms with E-state index in [1.165, 1.54) is 27.1 Å². The molecule has 2 heterocycles. The zero-order chi connectivity index (χ0) is 17.3. The van der Waals surface area contributed by atoms with Crippen LogP contribution in [0.5, 0.6) is 0 Å². The molecule has 0 spiro atoms. The van der Waals surface area contributed by atoms with Gasteiger partial charge in [0.2, 0.25) is 0 Å². The van der Waals surface area contributed by atoms with Crippen molar-refractivity contribution < 1.29 is 0 Å². The van der Waals surface area contributed by atoms with Crippen molar-refractivity contribution in [3.63, 3.8) is 0 Å². The van der Waals surface area contributed by atoms with Crippen molar-refractivity contribution in [1.82, 2.24) is 14.8 Å². The first-order valence-corrected chi connectivity index (χ1v) is 8.73. The molecular formula is C23H17N3. The normalized spacial score (nSPS) is 11.2. The Morgan fingerprint density at radius 2 is 1.38 bits per heavy atom. The molecule has 0 bridgehead atoms. The zero-order valence-corrected chi connectivity index (χ0v) is 14.2. The van der Waals surface area contributed by atoms with Gasteiger partial charge in [-0.25, -0.2) is 0 Å². The van der Waals surface area contributed by atoms with Crippen LogP contribution in [0.25, 0.3) is 32.9 Å². The molecule has 124 valence electrons. The molecular weight excluding hydrogens is 318 g/mol. The molecule has 0 aliphatic rings. The average molecular weight is 335 g/mol. The summed E-state index contributed by atoms with van der Waals surface area (Å²) in [5.41, 5.74) is 3.10. The predicted molar refractivity (Wildman–Crippen MR) is 106 cm³/mol. The minimum absolute atomic E-state index is 0.731. The number of rotatable bonds is 3. The van der Waals surface area contributed by atoms with Gasteiger partial charge in [0, 0.05) is 12.4 Å². The van der Waals surface area contributed by atoms with Gasteiger partial charge >= 0.3 is 0 Å². The van der Waals surface area contributed by atoms with Gasteiger partial charge in [-0.2, -0.15) is 5.10 Å². The van der Waals surface area contributed by atoms with E-state index >= 15 is 0 Å². The average Bonchev–Trinajstić information content (AvgIpc) is 3.17. The Morgan fingerprint density at radius 3 is 2.08 bits per heavy atom. The van der Waals surface area contributed by atoms with Crippen molar-refractivity contribution >= 4 is 21.5 Å². The van der Waals surface area contributed by atoms with Gasteiger partial charge in [0.15, 0.2) is 0 Å². The number of fused-ring (bicyclic) bond motifs is 2. The van der Waals surface area contributed by atoms with Crippen LogP contribution < -0.4 is 0 Å². The standard InChI is InChI=1S/C23H17N3/c1-3-9-19-17(7-1)15-18-8-2-4-10-20(18)21(19)16-26-14-12-23(25-26)22-11-5-6-13-24-22/h1-15H,16H2. The monoisotopic (exact) mass is 335 g/mol. The SMILES string of the molecule is c1ccc(-c2ccn(Cc3c4ccccc4cc4ccccc34)n2)nc1. The topological polar surface area (TPSA) is 30.7 Å². The third-order valence-electron chi connectivity index (χ3n) is 4.77. The number of benzene rings is 3. The number of hydrogen-bond acceptors (Lipinski definition) is 2. The summed E-state index contributed by atoms with van der Waals surface area (Å²) >= 11 is 0. The van der Waals surface area contributed by atoms with Gasteiger partial charge in [-0.05, 0) is 51.4 Å². The maximum absolute atomic E-state index is 4.74. The molecule has 0 radical (unpaired) electrons. The highest BCUT2D eigenvalue weighted by molar-refractivity contribution is 6.02. The van der Waals surface area contributed by atoms with Crippen molar-refractivity contribution in [2.45, 2.75) is 6.54 Å². The third-order valence-corrected chi connectivity index (χ3v) is 4.77. The summed E-state index contributed by atoms with van der Waals surface area (Å²) in [7, 11) is 0. The first-order valence-electron chi connectivity index (χ1n) is 8.73. The van der Waals surface area contributed by atoms with Gasteiger partial charge in [0.25, 0.3) is 0 Å². The smallest absolute Gasteiger partial charge is 0.111 e. The van der Waals surface area contributed by atoms with Crippen molar-refractivity contribution in [2.24, 2.45) is 0 Å². The Balaban J connectivity index is 1.64. The lowest BCUT2D eigenvalue weighted by Gasteiger charge is -2.12. The third kappa shape index (κ3) is 2.54. The highest BCUT2D eigenvalue weighted by atomic mass is 15.3. The summed E-state index contributed by atoms with van der Waals surface area (Å²) in [5.74, 6) is 0. The second kappa shape index (κ2) is 6.12. The highest BCUT2D eigenvalue weighted by Gasteiger charge is 2.10. The molecule has 0 aliphatic carbocycles. The molecule has 0 aliphatic heterocycles. The maximum atomic E-state index is 4.74. The summed E-state index contributed by atoms with van der Waals surface area (Å²) in [6.45, 7) is 0.731. The number of nitrogens with zero attached hydrogens (tertiary/aromatic N) is 3. The largest absolute Gasteiger partial charge is 0.268 e. The van der Waals surface area contributed by atoms with Gasteiger partial charge in [-0.1, -0.05) is 54.6 Å². The fourth-order valence-electron chi connectivity index (χ4n) is 3.54. The summed E-state index contributed by atoms with van der Waals surface area (Å²) in [6, 6.07) is 27.3. The van der Waals surface area contributed by atoms with Gasteiger partial charge in [0.1, 0.15) is 5.69 Å². The lowest BCUT2D eigenvalue weighted by Crippen LogP contribution is -2.02. The Labute approximate surface area is 151 Å². The molecule has 0 saturated carbocycles. The summed E-state index contributed by atoms with van der Waals surface area (Å²) in [6.07, 6.45) is 3.83. The first kappa shape index (κ1) is 14.8. The fraction of sp³-hybridized carbons (Fsp3) is 0.0435. The Bertz CT molecular complexity index is 1150. The van der Waals surface area contributed by atoms with E-state index in [1.54, 1.807) is 6.20 Å². The van der Waals surface area contributed by atoms with Gasteiger partial charge in [0.05, 0.1) is 12.2 Å². The van der Waals surface area contributed by atoms with Gasteiger partial charge < -0.3 is 0 Å². The van der Waals surface area contributed by atoms with E-state index in [2.05, 4.69) is 59.6 Å². The Hall–Kier alpha value is -3.46. The van der Waals surface area contributed by atoms with Crippen LogP contribution in [0, 0.1) is 0 Å². The van der Waals surface area contributed by atoms with E-state index in [-0.39, 0.29) is 0 Å². The fourth-order valence-corrected chi connectivity index (χ4v) is 3.54. The molecule has 3 heteroatoms. The molecule has 0 fully saturated rings. The van der Waals surface area contributed by atoms with E-state index in [1.807, 2.05) is 35.1 Å². The quantitative estimate of drug-likeness (QED) is 0.419. The van der Waals surface area contributed by atoms with Crippen LogP contribution >= 0.6 is 0 Å². The van der Waals surface area contributed by atoms with Crippen LogP contribution in [0.4, 0.5) is 0 Å². The highest BCUT2D eigenvalue weighted by Crippen LogP contribution is 2.29. The molecule has 3 aromatic carbocycles. The molecule has 0 amide bonds. The molecule has 5 aromatic rings. The van der Waals surface area contributed by atoms with Gasteiger partial charge in [-0.3, -0.25) is 9.67 Å².